The molecule has 2 aromatic rings. The van der Waals surface area contributed by atoms with Crippen LogP contribution in [-0.4, -0.2) is 35.3 Å². The molecule has 6 nitrogen and oxygen atoms in total. The molecule has 8 heteroatoms. The van der Waals surface area contributed by atoms with Crippen molar-refractivity contribution in [3.8, 4) is 0 Å². The number of carbonyl (C=O) groups is 3. The van der Waals surface area contributed by atoms with Gasteiger partial charge in [-0.1, -0.05) is 40.9 Å². The Kier molecular flexibility index (Phi) is 5.39. The second-order valence-corrected chi connectivity index (χ2v) is 7.17. The summed E-state index contributed by atoms with van der Waals surface area (Å²) >= 11 is 11.8. The number of halogens is 2. The molecule has 1 N–H and O–H groups in total. The molecule has 1 aliphatic rings. The maximum atomic E-state index is 12.7. The number of benzene rings is 2. The van der Waals surface area contributed by atoms with Gasteiger partial charge in [-0.3, -0.25) is 19.4 Å². The van der Waals surface area contributed by atoms with Crippen molar-refractivity contribution in [3.05, 3.63) is 58.1 Å². The van der Waals surface area contributed by atoms with E-state index >= 15 is 0 Å². The zero-order valence-corrected chi connectivity index (χ0v) is 16.2. The van der Waals surface area contributed by atoms with Gasteiger partial charge in [0.1, 0.15) is 12.6 Å². The number of imide groups is 1. The number of anilines is 2. The van der Waals surface area contributed by atoms with Crippen molar-refractivity contribution in [1.82, 2.24) is 4.90 Å². The molecule has 0 spiro atoms. The van der Waals surface area contributed by atoms with Gasteiger partial charge in [-0.05, 0) is 44.2 Å². The van der Waals surface area contributed by atoms with E-state index < -0.39 is 30.4 Å². The topological polar surface area (TPSA) is 69.7 Å². The second kappa shape index (κ2) is 7.58. The summed E-state index contributed by atoms with van der Waals surface area (Å²) in [6, 6.07) is 10.6. The molecule has 1 fully saturated rings. The lowest BCUT2D eigenvalue weighted by molar-refractivity contribution is -0.130. The average Bonchev–Trinajstić information content (AvgIpc) is 2.78. The smallest absolute Gasteiger partial charge is 0.324 e. The fraction of sp³-hybridized carbons (Fsp3) is 0.211. The van der Waals surface area contributed by atoms with Gasteiger partial charge in [-0.2, -0.15) is 0 Å². The van der Waals surface area contributed by atoms with E-state index in [1.165, 1.54) is 23.1 Å². The molecule has 140 valence electrons. The minimum Gasteiger partial charge on any atom is -0.324 e. The summed E-state index contributed by atoms with van der Waals surface area (Å²) in [5.74, 6) is -0.951. The Bertz CT molecular complexity index is 895. The van der Waals surface area contributed by atoms with Gasteiger partial charge in [0.25, 0.3) is 5.91 Å². The van der Waals surface area contributed by atoms with Crippen molar-refractivity contribution < 1.29 is 14.4 Å². The molecule has 1 heterocycles. The van der Waals surface area contributed by atoms with Gasteiger partial charge < -0.3 is 5.32 Å². The summed E-state index contributed by atoms with van der Waals surface area (Å²) in [6.07, 6.45) is 0. The number of aryl methyl sites for hydroxylation is 1. The highest BCUT2D eigenvalue weighted by molar-refractivity contribution is 6.35. The number of nitrogens with zero attached hydrogens (tertiary/aromatic N) is 2. The lowest BCUT2D eigenvalue weighted by atomic mass is 10.2. The minimum absolute atomic E-state index is 0.366. The first-order valence-corrected chi connectivity index (χ1v) is 8.99. The molecule has 0 radical (unpaired) electrons. The van der Waals surface area contributed by atoms with E-state index in [0.29, 0.717) is 21.4 Å². The maximum absolute atomic E-state index is 12.7. The SMILES string of the molecule is Cc1ccc(N2C(=O)N(CC(=O)Nc3cc(Cl)cc(Cl)c3)C(=O)C2C)cc1. The van der Waals surface area contributed by atoms with Crippen LogP contribution in [0.2, 0.25) is 10.0 Å². The van der Waals surface area contributed by atoms with Crippen LogP contribution in [0.4, 0.5) is 16.2 Å². The lowest BCUT2D eigenvalue weighted by Crippen LogP contribution is -2.39. The van der Waals surface area contributed by atoms with Crippen LogP contribution in [0.25, 0.3) is 0 Å². The van der Waals surface area contributed by atoms with Crippen LogP contribution in [0.1, 0.15) is 12.5 Å². The van der Waals surface area contributed by atoms with Crippen LogP contribution in [0, 0.1) is 6.92 Å². The number of urea groups is 1. The molecule has 1 aliphatic heterocycles. The predicted molar refractivity (Wildman–Crippen MR) is 105 cm³/mol. The number of carbonyl (C=O) groups excluding carboxylic acids is 3. The first kappa shape index (κ1) is 19.2. The molecule has 0 aliphatic carbocycles. The highest BCUT2D eigenvalue weighted by Gasteiger charge is 2.44. The number of rotatable bonds is 4. The minimum atomic E-state index is -0.686. The van der Waals surface area contributed by atoms with Crippen molar-refractivity contribution in [2.45, 2.75) is 19.9 Å². The number of nitrogens with one attached hydrogen (secondary N) is 1. The molecule has 4 amide bonds. The van der Waals surface area contributed by atoms with E-state index in [0.717, 1.165) is 10.5 Å². The Labute approximate surface area is 166 Å². The highest BCUT2D eigenvalue weighted by atomic mass is 35.5. The van der Waals surface area contributed by atoms with Gasteiger partial charge in [0.05, 0.1) is 0 Å². The van der Waals surface area contributed by atoms with Crippen molar-refractivity contribution in [3.63, 3.8) is 0 Å². The van der Waals surface area contributed by atoms with Crippen molar-refractivity contribution >= 4 is 52.4 Å². The maximum Gasteiger partial charge on any atom is 0.332 e. The van der Waals surface area contributed by atoms with Gasteiger partial charge in [-0.25, -0.2) is 4.79 Å². The van der Waals surface area contributed by atoms with Crippen LogP contribution in [0.3, 0.4) is 0 Å². The third-order valence-electron chi connectivity index (χ3n) is 4.21. The van der Waals surface area contributed by atoms with Crippen LogP contribution >= 0.6 is 23.2 Å². The first-order chi connectivity index (χ1) is 12.8. The molecule has 2 aromatic carbocycles. The molecule has 0 bridgehead atoms. The van der Waals surface area contributed by atoms with Crippen molar-refractivity contribution in [1.29, 1.82) is 0 Å². The summed E-state index contributed by atoms with van der Waals surface area (Å²) < 4.78 is 0. The summed E-state index contributed by atoms with van der Waals surface area (Å²) in [7, 11) is 0. The van der Waals surface area contributed by atoms with E-state index in [9.17, 15) is 14.4 Å². The summed E-state index contributed by atoms with van der Waals surface area (Å²) in [5.41, 5.74) is 2.04. The summed E-state index contributed by atoms with van der Waals surface area (Å²) in [6.45, 7) is 3.17. The number of amides is 4. The molecular weight excluding hydrogens is 389 g/mol. The van der Waals surface area contributed by atoms with E-state index in [-0.39, 0.29) is 0 Å². The molecule has 1 atom stereocenters. The Morgan fingerprint density at radius 2 is 1.67 bits per heavy atom. The van der Waals surface area contributed by atoms with E-state index in [2.05, 4.69) is 5.32 Å². The fourth-order valence-electron chi connectivity index (χ4n) is 2.88. The van der Waals surface area contributed by atoms with Crippen LogP contribution < -0.4 is 10.2 Å². The van der Waals surface area contributed by atoms with E-state index in [4.69, 9.17) is 23.2 Å². The zero-order valence-electron chi connectivity index (χ0n) is 14.7. The monoisotopic (exact) mass is 405 g/mol. The fourth-order valence-corrected chi connectivity index (χ4v) is 3.41. The standard InChI is InChI=1S/C19H17Cl2N3O3/c1-11-3-5-16(6-4-11)24-12(2)18(26)23(19(24)27)10-17(25)22-15-8-13(20)7-14(21)9-15/h3-9,12H,10H2,1-2H3,(H,22,25). The molecule has 0 saturated carbocycles. The third-order valence-corrected chi connectivity index (χ3v) is 4.64. The van der Waals surface area contributed by atoms with Gasteiger partial charge >= 0.3 is 6.03 Å². The normalized spacial score (nSPS) is 16.8. The van der Waals surface area contributed by atoms with Crippen molar-refractivity contribution in [2.75, 3.05) is 16.8 Å². The third kappa shape index (κ3) is 4.07. The molecule has 0 aromatic heterocycles. The number of hydrogen-bond donors (Lipinski definition) is 1. The Morgan fingerprint density at radius 1 is 1.07 bits per heavy atom. The first-order valence-electron chi connectivity index (χ1n) is 8.23. The quantitative estimate of drug-likeness (QED) is 0.778. The van der Waals surface area contributed by atoms with Crippen LogP contribution in [0.15, 0.2) is 42.5 Å². The zero-order chi connectivity index (χ0) is 19.7. The second-order valence-electron chi connectivity index (χ2n) is 6.29. The van der Waals surface area contributed by atoms with Crippen LogP contribution in [0.5, 0.6) is 0 Å². The molecule has 1 saturated heterocycles. The predicted octanol–water partition coefficient (Wildman–Crippen LogP) is 4.10. The molecule has 1 unspecified atom stereocenters. The Morgan fingerprint density at radius 3 is 2.26 bits per heavy atom. The number of hydrogen-bond acceptors (Lipinski definition) is 3. The highest BCUT2D eigenvalue weighted by Crippen LogP contribution is 2.26. The molecule has 27 heavy (non-hydrogen) atoms. The average molecular weight is 406 g/mol. The van der Waals surface area contributed by atoms with E-state index in [1.807, 2.05) is 19.1 Å². The summed E-state index contributed by atoms with van der Waals surface area (Å²) in [5, 5.41) is 3.33. The van der Waals surface area contributed by atoms with Gasteiger partial charge in [0, 0.05) is 21.4 Å². The summed E-state index contributed by atoms with van der Waals surface area (Å²) in [4.78, 5) is 39.9. The Hall–Kier alpha value is -2.57. The van der Waals surface area contributed by atoms with Gasteiger partial charge in [-0.15, -0.1) is 0 Å². The van der Waals surface area contributed by atoms with Gasteiger partial charge in [0.15, 0.2) is 0 Å². The van der Waals surface area contributed by atoms with Gasteiger partial charge in [0.2, 0.25) is 5.91 Å². The van der Waals surface area contributed by atoms with E-state index in [1.54, 1.807) is 19.1 Å². The van der Waals surface area contributed by atoms with Crippen molar-refractivity contribution in [2.24, 2.45) is 0 Å². The lowest BCUT2D eigenvalue weighted by Gasteiger charge is -2.19. The largest absolute Gasteiger partial charge is 0.332 e. The molecule has 3 rings (SSSR count). The van der Waals surface area contributed by atoms with Crippen LogP contribution in [-0.2, 0) is 9.59 Å². The Balaban J connectivity index is 1.74. The molecular formula is C19H17Cl2N3O3.